The summed E-state index contributed by atoms with van der Waals surface area (Å²) in [4.78, 5) is 14.9. The van der Waals surface area contributed by atoms with Crippen molar-refractivity contribution in [1.29, 1.82) is 0 Å². The molecule has 0 bridgehead atoms. The van der Waals surface area contributed by atoms with Gasteiger partial charge in [-0.2, -0.15) is 0 Å². The summed E-state index contributed by atoms with van der Waals surface area (Å²) in [5.74, 6) is 1.41. The number of hydrogen-bond acceptors (Lipinski definition) is 6. The zero-order valence-corrected chi connectivity index (χ0v) is 15.6. The maximum absolute atomic E-state index is 12.8. The van der Waals surface area contributed by atoms with Crippen molar-refractivity contribution in [3.8, 4) is 0 Å². The number of likely N-dealkylation sites (tertiary alicyclic amines) is 1. The Balaban J connectivity index is 1.65. The number of aromatic nitrogens is 2. The lowest BCUT2D eigenvalue weighted by molar-refractivity contribution is -0.137. The van der Waals surface area contributed by atoms with Crippen LogP contribution >= 0.6 is 11.3 Å². The Hall–Kier alpha value is -1.21. The predicted molar refractivity (Wildman–Crippen MR) is 95.1 cm³/mol. The van der Waals surface area contributed by atoms with Crippen molar-refractivity contribution >= 4 is 22.4 Å². The van der Waals surface area contributed by atoms with Crippen molar-refractivity contribution in [1.82, 2.24) is 15.1 Å². The average Bonchev–Trinajstić information content (AvgIpc) is 3.22. The number of ether oxygens (including phenoxy) is 1. The van der Waals surface area contributed by atoms with Crippen LogP contribution in [0, 0.1) is 17.8 Å². The zero-order valence-electron chi connectivity index (χ0n) is 14.8. The van der Waals surface area contributed by atoms with Crippen LogP contribution < -0.4 is 5.32 Å². The van der Waals surface area contributed by atoms with Crippen molar-refractivity contribution in [3.05, 3.63) is 5.01 Å². The van der Waals surface area contributed by atoms with E-state index in [1.165, 1.54) is 0 Å². The van der Waals surface area contributed by atoms with Crippen LogP contribution in [-0.2, 0) is 16.0 Å². The number of carbonyl (C=O) groups excluding carboxylic acids is 1. The van der Waals surface area contributed by atoms with E-state index in [9.17, 15) is 4.79 Å². The Labute approximate surface area is 148 Å². The van der Waals surface area contributed by atoms with Gasteiger partial charge in [-0.05, 0) is 25.2 Å². The minimum atomic E-state index is 0.138. The molecule has 0 aliphatic carbocycles. The molecule has 3 heterocycles. The third kappa shape index (κ3) is 3.88. The van der Waals surface area contributed by atoms with Crippen molar-refractivity contribution in [2.75, 3.05) is 31.6 Å². The first-order chi connectivity index (χ1) is 11.6. The highest BCUT2D eigenvalue weighted by atomic mass is 32.1. The molecular weight excluding hydrogens is 324 g/mol. The first-order valence-electron chi connectivity index (χ1n) is 9.04. The summed E-state index contributed by atoms with van der Waals surface area (Å²) >= 11 is 1.62. The van der Waals surface area contributed by atoms with Crippen LogP contribution in [0.1, 0.15) is 38.6 Å². The molecule has 1 aromatic heterocycles. The van der Waals surface area contributed by atoms with Crippen molar-refractivity contribution in [3.63, 3.8) is 0 Å². The highest BCUT2D eigenvalue weighted by molar-refractivity contribution is 7.15. The fourth-order valence-electron chi connectivity index (χ4n) is 3.65. The molecule has 24 heavy (non-hydrogen) atoms. The number of aryl methyl sites for hydroxylation is 1. The number of hydrogen-bond donors (Lipinski definition) is 1. The molecule has 0 radical (unpaired) electrons. The lowest BCUT2D eigenvalue weighted by Gasteiger charge is -2.26. The molecule has 0 unspecified atom stereocenters. The van der Waals surface area contributed by atoms with Gasteiger partial charge in [0.05, 0.1) is 6.04 Å². The maximum atomic E-state index is 12.8. The molecule has 0 aromatic carbocycles. The van der Waals surface area contributed by atoms with Gasteiger partial charge in [-0.3, -0.25) is 4.79 Å². The van der Waals surface area contributed by atoms with Crippen LogP contribution in [0.5, 0.6) is 0 Å². The zero-order chi connectivity index (χ0) is 17.1. The molecule has 2 saturated heterocycles. The van der Waals surface area contributed by atoms with Gasteiger partial charge in [0.15, 0.2) is 0 Å². The summed E-state index contributed by atoms with van der Waals surface area (Å²) in [7, 11) is 0. The van der Waals surface area contributed by atoms with Gasteiger partial charge in [-0.15, -0.1) is 10.2 Å². The van der Waals surface area contributed by atoms with E-state index in [4.69, 9.17) is 4.74 Å². The summed E-state index contributed by atoms with van der Waals surface area (Å²) in [6.45, 7) is 9.59. The fraction of sp³-hybridized carbons (Fsp3) is 0.824. The predicted octanol–water partition coefficient (Wildman–Crippen LogP) is 2.42. The molecule has 2 aliphatic rings. The molecule has 1 aromatic rings. The molecule has 1 amide bonds. The van der Waals surface area contributed by atoms with E-state index >= 15 is 0 Å². The highest BCUT2D eigenvalue weighted by Gasteiger charge is 2.39. The summed E-state index contributed by atoms with van der Waals surface area (Å²) in [5, 5.41) is 13.9. The third-order valence-electron chi connectivity index (χ3n) is 5.18. The maximum Gasteiger partial charge on any atom is 0.225 e. The van der Waals surface area contributed by atoms with Crippen LogP contribution in [0.3, 0.4) is 0 Å². The van der Waals surface area contributed by atoms with Gasteiger partial charge < -0.3 is 15.0 Å². The van der Waals surface area contributed by atoms with E-state index < -0.39 is 0 Å². The summed E-state index contributed by atoms with van der Waals surface area (Å²) in [5.41, 5.74) is 0. The molecule has 2 atom stereocenters. The molecule has 134 valence electrons. The first kappa shape index (κ1) is 17.6. The van der Waals surface area contributed by atoms with E-state index in [-0.39, 0.29) is 12.0 Å². The van der Waals surface area contributed by atoms with Crippen molar-refractivity contribution < 1.29 is 9.53 Å². The second-order valence-corrected chi connectivity index (χ2v) is 8.21. The quantitative estimate of drug-likeness (QED) is 0.881. The van der Waals surface area contributed by atoms with Crippen LogP contribution in [0.25, 0.3) is 0 Å². The number of nitrogens with zero attached hydrogens (tertiary/aromatic N) is 3. The normalized spacial score (nSPS) is 25.4. The van der Waals surface area contributed by atoms with Gasteiger partial charge in [0.1, 0.15) is 5.01 Å². The Morgan fingerprint density at radius 1 is 1.33 bits per heavy atom. The Bertz CT molecular complexity index is 557. The second kappa shape index (κ2) is 7.78. The molecular formula is C17H28N4O2S. The smallest absolute Gasteiger partial charge is 0.225 e. The van der Waals surface area contributed by atoms with Gasteiger partial charge in [0, 0.05) is 38.1 Å². The molecule has 1 N–H and O–H groups in total. The van der Waals surface area contributed by atoms with Gasteiger partial charge in [0.2, 0.25) is 11.0 Å². The highest BCUT2D eigenvalue weighted by Crippen LogP contribution is 2.30. The number of rotatable bonds is 5. The van der Waals surface area contributed by atoms with Crippen LogP contribution in [-0.4, -0.2) is 53.3 Å². The van der Waals surface area contributed by atoms with Gasteiger partial charge in [0.25, 0.3) is 0 Å². The topological polar surface area (TPSA) is 67.4 Å². The van der Waals surface area contributed by atoms with Crippen LogP contribution in [0.2, 0.25) is 0 Å². The van der Waals surface area contributed by atoms with E-state index in [1.807, 2.05) is 0 Å². The van der Waals surface area contributed by atoms with Crippen molar-refractivity contribution in [2.24, 2.45) is 17.8 Å². The van der Waals surface area contributed by atoms with Crippen LogP contribution in [0.4, 0.5) is 5.13 Å². The first-order valence-corrected chi connectivity index (χ1v) is 9.85. The van der Waals surface area contributed by atoms with Gasteiger partial charge in [-0.25, -0.2) is 0 Å². The molecule has 2 aliphatic heterocycles. The minimum Gasteiger partial charge on any atom is -0.381 e. The largest absolute Gasteiger partial charge is 0.381 e. The number of amides is 1. The Kier molecular flexibility index (Phi) is 5.71. The third-order valence-corrected chi connectivity index (χ3v) is 6.18. The van der Waals surface area contributed by atoms with Gasteiger partial charge in [-0.1, -0.05) is 32.1 Å². The monoisotopic (exact) mass is 352 g/mol. The van der Waals surface area contributed by atoms with E-state index in [0.29, 0.717) is 31.0 Å². The Morgan fingerprint density at radius 3 is 2.71 bits per heavy atom. The van der Waals surface area contributed by atoms with E-state index in [1.54, 1.807) is 11.3 Å². The van der Waals surface area contributed by atoms with Gasteiger partial charge >= 0.3 is 0 Å². The number of carbonyl (C=O) groups is 1. The molecule has 6 nitrogen and oxygen atoms in total. The van der Waals surface area contributed by atoms with E-state index in [2.05, 4.69) is 41.2 Å². The lowest BCUT2D eigenvalue weighted by atomic mass is 9.91. The van der Waals surface area contributed by atoms with Crippen LogP contribution in [0.15, 0.2) is 0 Å². The number of nitrogens with one attached hydrogen (secondary N) is 1. The molecule has 0 saturated carbocycles. The van der Waals surface area contributed by atoms with Crippen molar-refractivity contribution in [2.45, 2.75) is 46.1 Å². The number of anilines is 1. The lowest BCUT2D eigenvalue weighted by Crippen LogP contribution is -2.38. The summed E-state index contributed by atoms with van der Waals surface area (Å²) in [6.07, 6.45) is 2.62. The Morgan fingerprint density at radius 2 is 2.08 bits per heavy atom. The summed E-state index contributed by atoms with van der Waals surface area (Å²) < 4.78 is 5.39. The fourth-order valence-corrected chi connectivity index (χ4v) is 4.39. The molecule has 2 fully saturated rings. The standard InChI is InChI=1S/C17H28N4O2S/c1-4-15-19-20-17(24-15)18-14-10-21(9-13(14)11(2)3)16(22)12-5-7-23-8-6-12/h11-14H,4-10H2,1-3H3,(H,18,20)/t13-,14+/m1/s1. The van der Waals surface area contributed by atoms with E-state index in [0.717, 1.165) is 42.5 Å². The molecule has 7 heteroatoms. The molecule has 0 spiro atoms. The SMILES string of the molecule is CCc1nnc(N[C@H]2CN(C(=O)C3CCOCC3)C[C@@H]2C(C)C)s1. The minimum absolute atomic E-state index is 0.138. The molecule has 3 rings (SSSR count). The second-order valence-electron chi connectivity index (χ2n) is 7.14. The summed E-state index contributed by atoms with van der Waals surface area (Å²) in [6, 6.07) is 0.256. The average molecular weight is 353 g/mol.